The number of anilines is 1. The van der Waals surface area contributed by atoms with Crippen LogP contribution in [0.3, 0.4) is 0 Å². The summed E-state index contributed by atoms with van der Waals surface area (Å²) in [6, 6.07) is 6.51. The molecule has 2 aromatic rings. The van der Waals surface area contributed by atoms with Gasteiger partial charge in [0.2, 0.25) is 5.95 Å². The topological polar surface area (TPSA) is 136 Å². The molecule has 1 aliphatic heterocycles. The van der Waals surface area contributed by atoms with Gasteiger partial charge >= 0.3 is 0 Å². The van der Waals surface area contributed by atoms with Gasteiger partial charge in [0.05, 0.1) is 42.9 Å². The monoisotopic (exact) mass is 582 g/mol. The highest BCUT2D eigenvalue weighted by Crippen LogP contribution is 2.31. The van der Waals surface area contributed by atoms with E-state index in [1.165, 1.54) is 6.34 Å². The number of hydrogen-bond acceptors (Lipinski definition) is 9. The van der Waals surface area contributed by atoms with Gasteiger partial charge in [-0.3, -0.25) is 14.9 Å². The molecule has 2 heterocycles. The molecule has 5 N–H and O–H groups in total. The summed E-state index contributed by atoms with van der Waals surface area (Å²) >= 11 is 6.36. The predicted molar refractivity (Wildman–Crippen MR) is 167 cm³/mol. The number of nitrogens with one attached hydrogen (secondary N) is 1. The van der Waals surface area contributed by atoms with E-state index in [-0.39, 0.29) is 12.0 Å². The minimum Gasteiger partial charge on any atom is -0.487 e. The van der Waals surface area contributed by atoms with E-state index in [9.17, 15) is 0 Å². The highest BCUT2D eigenvalue weighted by molar-refractivity contribution is 6.32. The summed E-state index contributed by atoms with van der Waals surface area (Å²) < 4.78 is 11.5. The van der Waals surface area contributed by atoms with Crippen LogP contribution in [-0.4, -0.2) is 78.5 Å². The van der Waals surface area contributed by atoms with E-state index >= 15 is 0 Å². The van der Waals surface area contributed by atoms with E-state index in [0.717, 1.165) is 74.5 Å². The lowest BCUT2D eigenvalue weighted by molar-refractivity contribution is 0.00756. The second-order valence-electron chi connectivity index (χ2n) is 10.9. The van der Waals surface area contributed by atoms with Gasteiger partial charge in [-0.15, -0.1) is 0 Å². The normalized spacial score (nSPS) is 21.8. The second-order valence-corrected chi connectivity index (χ2v) is 11.3. The molecule has 11 heteroatoms. The number of rotatable bonds is 11. The fourth-order valence-electron chi connectivity index (χ4n) is 5.08. The number of halogens is 1. The summed E-state index contributed by atoms with van der Waals surface area (Å²) in [4.78, 5) is 20.6. The summed E-state index contributed by atoms with van der Waals surface area (Å²) in [7, 11) is 0. The van der Waals surface area contributed by atoms with Gasteiger partial charge in [0, 0.05) is 49.0 Å². The lowest BCUT2D eigenvalue weighted by Crippen LogP contribution is -2.45. The quantitative estimate of drug-likeness (QED) is 0.260. The van der Waals surface area contributed by atoms with Crippen molar-refractivity contribution in [3.8, 4) is 16.9 Å². The Labute approximate surface area is 248 Å². The van der Waals surface area contributed by atoms with Crippen molar-refractivity contribution in [2.24, 2.45) is 27.4 Å². The highest BCUT2D eigenvalue weighted by Gasteiger charge is 2.26. The number of aliphatic imine (C=N–C) groups is 2. The van der Waals surface area contributed by atoms with E-state index < -0.39 is 0 Å². The first-order chi connectivity index (χ1) is 19.8. The molecular formula is C30H43ClN8O2. The Morgan fingerprint density at radius 2 is 1.85 bits per heavy atom. The Kier molecular flexibility index (Phi) is 11.4. The van der Waals surface area contributed by atoms with Gasteiger partial charge in [-0.2, -0.15) is 0 Å². The first kappa shape index (κ1) is 30.7. The van der Waals surface area contributed by atoms with Crippen molar-refractivity contribution in [2.45, 2.75) is 64.6 Å². The van der Waals surface area contributed by atoms with Crippen molar-refractivity contribution < 1.29 is 9.47 Å². The fraction of sp³-hybridized carbons (Fsp3) is 0.533. The van der Waals surface area contributed by atoms with Crippen LogP contribution in [-0.2, 0) is 4.74 Å². The molecule has 0 amide bonds. The maximum Gasteiger partial charge on any atom is 0.227 e. The van der Waals surface area contributed by atoms with Crippen LogP contribution < -0.4 is 21.5 Å². The van der Waals surface area contributed by atoms with Crippen LogP contribution in [0.5, 0.6) is 5.75 Å². The molecule has 2 fully saturated rings. The van der Waals surface area contributed by atoms with Crippen molar-refractivity contribution in [3.05, 3.63) is 47.0 Å². The van der Waals surface area contributed by atoms with Crippen LogP contribution in [0.2, 0.25) is 5.02 Å². The van der Waals surface area contributed by atoms with Crippen molar-refractivity contribution in [3.63, 3.8) is 0 Å². The molecule has 1 saturated heterocycles. The van der Waals surface area contributed by atoms with Gasteiger partial charge < -0.3 is 26.3 Å². The first-order valence-corrected chi connectivity index (χ1v) is 14.8. The number of aromatic nitrogens is 2. The third-order valence-electron chi connectivity index (χ3n) is 7.53. The molecule has 222 valence electrons. The molecule has 1 aromatic carbocycles. The van der Waals surface area contributed by atoms with E-state index in [4.69, 9.17) is 37.5 Å². The van der Waals surface area contributed by atoms with Crippen LogP contribution in [0.25, 0.3) is 11.1 Å². The summed E-state index contributed by atoms with van der Waals surface area (Å²) in [5.74, 6) is 1.16. The molecule has 1 atom stereocenters. The fourth-order valence-corrected chi connectivity index (χ4v) is 5.25. The van der Waals surface area contributed by atoms with Crippen molar-refractivity contribution >= 4 is 30.1 Å². The standard InChI is InChI=1S/C30H43ClN8O2/c1-20(2)29(33)27(18-35-24-5-7-25(8-6-24)39-10-12-40-13-11-39)38-30-36-16-23(17-37-30)22-4-9-26(31)28(14-22)41-21(3)15-34-19-32/h4,9,14,16-21,24-25H,5-8,10-13,15,33H2,1-3H3,(H2,32,34)(H,36,37,38)/t21-,24?,25?/m0/s1. The van der Waals surface area contributed by atoms with E-state index in [1.54, 1.807) is 18.5 Å². The van der Waals surface area contributed by atoms with Gasteiger partial charge in [-0.25, -0.2) is 9.97 Å². The average molecular weight is 583 g/mol. The van der Waals surface area contributed by atoms with E-state index in [2.05, 4.69) is 39.0 Å². The SMILES string of the molecule is CC(C)C(N)=C(C=NC1CCC(N2CCOCC2)CC1)Nc1ncc(-c2ccc(Cl)c(O[C@@H](C)CN=CN)c2)cn1. The number of nitrogens with two attached hydrogens (primary N) is 2. The summed E-state index contributed by atoms with van der Waals surface area (Å²) in [6.07, 6.45) is 11.0. The zero-order valence-electron chi connectivity index (χ0n) is 24.3. The maximum atomic E-state index is 6.48. The smallest absolute Gasteiger partial charge is 0.227 e. The Hall–Kier alpha value is -3.21. The Morgan fingerprint density at radius 1 is 1.15 bits per heavy atom. The first-order valence-electron chi connectivity index (χ1n) is 14.4. The van der Waals surface area contributed by atoms with Gasteiger partial charge in [0.25, 0.3) is 0 Å². The van der Waals surface area contributed by atoms with Crippen LogP contribution in [0.4, 0.5) is 5.95 Å². The number of allylic oxidation sites excluding steroid dienone is 2. The molecule has 10 nitrogen and oxygen atoms in total. The zero-order chi connectivity index (χ0) is 29.2. The highest BCUT2D eigenvalue weighted by atomic mass is 35.5. The number of hydrogen-bond donors (Lipinski definition) is 3. The van der Waals surface area contributed by atoms with E-state index in [0.29, 0.717) is 35.3 Å². The number of benzene rings is 1. The minimum atomic E-state index is -0.177. The summed E-state index contributed by atoms with van der Waals surface area (Å²) in [5, 5.41) is 3.81. The zero-order valence-corrected chi connectivity index (χ0v) is 25.1. The summed E-state index contributed by atoms with van der Waals surface area (Å²) in [6.45, 7) is 10.2. The van der Waals surface area contributed by atoms with Crippen LogP contribution in [0.15, 0.2) is 52.0 Å². The molecule has 2 aliphatic rings. The lowest BCUT2D eigenvalue weighted by atomic mass is 9.90. The van der Waals surface area contributed by atoms with Crippen LogP contribution >= 0.6 is 11.6 Å². The molecule has 0 radical (unpaired) electrons. The van der Waals surface area contributed by atoms with Crippen molar-refractivity contribution in [1.29, 1.82) is 0 Å². The predicted octanol–water partition coefficient (Wildman–Crippen LogP) is 4.50. The molecule has 0 bridgehead atoms. The minimum absolute atomic E-state index is 0.144. The van der Waals surface area contributed by atoms with Crippen LogP contribution in [0, 0.1) is 5.92 Å². The molecule has 1 saturated carbocycles. The Bertz CT molecular complexity index is 1200. The second kappa shape index (κ2) is 15.1. The number of ether oxygens (including phenoxy) is 2. The van der Waals surface area contributed by atoms with Crippen molar-refractivity contribution in [2.75, 3.05) is 38.2 Å². The third kappa shape index (κ3) is 8.89. The number of nitrogens with zero attached hydrogens (tertiary/aromatic N) is 5. The molecule has 0 spiro atoms. The van der Waals surface area contributed by atoms with Gasteiger partial charge in [-0.05, 0) is 56.2 Å². The van der Waals surface area contributed by atoms with Gasteiger partial charge in [0.15, 0.2) is 0 Å². The molecule has 1 aliphatic carbocycles. The molecule has 0 unspecified atom stereocenters. The van der Waals surface area contributed by atoms with Crippen molar-refractivity contribution in [1.82, 2.24) is 14.9 Å². The Balaban J connectivity index is 1.40. The summed E-state index contributed by atoms with van der Waals surface area (Å²) in [5.41, 5.74) is 15.0. The lowest BCUT2D eigenvalue weighted by Gasteiger charge is -2.38. The molecule has 4 rings (SSSR count). The van der Waals surface area contributed by atoms with Gasteiger partial charge in [0.1, 0.15) is 11.9 Å². The average Bonchev–Trinajstić information content (AvgIpc) is 3.00. The maximum absolute atomic E-state index is 6.48. The van der Waals surface area contributed by atoms with Gasteiger partial charge in [-0.1, -0.05) is 31.5 Å². The number of morpholine rings is 1. The molecule has 1 aromatic heterocycles. The third-order valence-corrected chi connectivity index (χ3v) is 7.85. The largest absolute Gasteiger partial charge is 0.487 e. The molecule has 41 heavy (non-hydrogen) atoms. The Morgan fingerprint density at radius 3 is 2.51 bits per heavy atom. The van der Waals surface area contributed by atoms with Crippen LogP contribution in [0.1, 0.15) is 46.5 Å². The molecular weight excluding hydrogens is 540 g/mol. The van der Waals surface area contributed by atoms with E-state index in [1.807, 2.05) is 25.3 Å².